The van der Waals surface area contributed by atoms with Gasteiger partial charge in [0, 0.05) is 55.7 Å². The molecule has 82 heavy (non-hydrogen) atoms. The van der Waals surface area contributed by atoms with Gasteiger partial charge in [0.25, 0.3) is 0 Å². The molecule has 0 atom stereocenters. The van der Waals surface area contributed by atoms with E-state index in [0.717, 1.165) is 66.4 Å². The zero-order valence-electron chi connectivity index (χ0n) is 46.1. The van der Waals surface area contributed by atoms with Crippen molar-refractivity contribution in [1.82, 2.24) is 0 Å². The third-order valence-electron chi connectivity index (χ3n) is 17.8. The van der Waals surface area contributed by atoms with E-state index >= 15 is 0 Å². The molecule has 0 N–H and O–H groups in total. The van der Waals surface area contributed by atoms with Crippen molar-refractivity contribution >= 4 is 136 Å². The zero-order chi connectivity index (χ0) is 54.8. The first-order valence-electron chi connectivity index (χ1n) is 28.5. The third-order valence-corrected chi connectivity index (χ3v) is 27.4. The van der Waals surface area contributed by atoms with Gasteiger partial charge < -0.3 is 18.6 Å². The smallest absolute Gasteiger partial charge is 0.184 e. The van der Waals surface area contributed by atoms with Crippen LogP contribution in [0.1, 0.15) is 22.3 Å². The van der Waals surface area contributed by atoms with Crippen LogP contribution in [0.2, 0.25) is 0 Å². The van der Waals surface area contributed by atoms with Gasteiger partial charge in [0.1, 0.15) is 22.3 Å². The monoisotopic (exact) mass is 1080 g/mol. The van der Waals surface area contributed by atoms with Crippen LogP contribution in [0.3, 0.4) is 0 Å². The van der Waals surface area contributed by atoms with Gasteiger partial charge in [-0.3, -0.25) is 0 Å². The number of aryl methyl sites for hydroxylation is 4. The number of nitrogens with zero attached hydrogens (tertiary/aromatic N) is 2. The molecule has 16 rings (SSSR count). The molecule has 6 heteroatoms. The van der Waals surface area contributed by atoms with Crippen LogP contribution in [0, 0.1) is 27.7 Å². The maximum atomic E-state index is 6.69. The van der Waals surface area contributed by atoms with Crippen molar-refractivity contribution in [3.05, 3.63) is 289 Å². The molecule has 0 fully saturated rings. The number of hydrogen-bond acceptors (Lipinski definition) is 4. The van der Waals surface area contributed by atoms with E-state index in [1.165, 1.54) is 86.5 Å². The highest BCUT2D eigenvalue weighted by Gasteiger charge is 2.51. The molecule has 0 radical (unpaired) electrons. The first kappa shape index (κ1) is 48.2. The third kappa shape index (κ3) is 7.08. The van der Waals surface area contributed by atoms with Crippen LogP contribution in [0.5, 0.6) is 0 Å². The van der Waals surface area contributed by atoms with Crippen molar-refractivity contribution in [2.75, 3.05) is 9.80 Å². The molecule has 2 aromatic heterocycles. The molecule has 390 valence electrons. The summed E-state index contributed by atoms with van der Waals surface area (Å²) in [6.07, 6.45) is 0. The fraction of sp³-hybridized carbons (Fsp3) is 0.0526. The van der Waals surface area contributed by atoms with E-state index in [-0.39, 0.29) is 0 Å². The van der Waals surface area contributed by atoms with Gasteiger partial charge in [-0.15, -0.1) is 0 Å². The predicted octanol–water partition coefficient (Wildman–Crippen LogP) is 14.7. The summed E-state index contributed by atoms with van der Waals surface area (Å²) < 4.78 is 13.4. The summed E-state index contributed by atoms with van der Waals surface area (Å²) >= 11 is 0. The SMILES string of the molecule is Cc1ccc2c(c1)[Si](c1ccccc1)(c1ccccc1)c1cc(C)ccc1N2c1ccc2oc3ccc(-c4ccc5oc6ccc(N7c8ccc(C)cc8[Si](c8ccccc8)(c8ccccc8)c8cc(C)ccc87)cc6c5c4)cc3c2c1. The summed E-state index contributed by atoms with van der Waals surface area (Å²) in [6.45, 7) is 8.92. The van der Waals surface area contributed by atoms with Gasteiger partial charge in [-0.05, 0) is 165 Å². The Morgan fingerprint density at radius 3 is 0.817 bits per heavy atom. The van der Waals surface area contributed by atoms with Crippen molar-refractivity contribution < 1.29 is 8.83 Å². The highest BCUT2D eigenvalue weighted by molar-refractivity contribution is 7.22. The fourth-order valence-electron chi connectivity index (χ4n) is 14.2. The molecule has 2 aliphatic rings. The van der Waals surface area contributed by atoms with Gasteiger partial charge in [-0.2, -0.15) is 0 Å². The van der Waals surface area contributed by atoms with Gasteiger partial charge in [0.15, 0.2) is 16.1 Å². The zero-order valence-corrected chi connectivity index (χ0v) is 48.1. The Bertz CT molecular complexity index is 4380. The second kappa shape index (κ2) is 18.4. The number of rotatable bonds is 7. The lowest BCUT2D eigenvalue weighted by Crippen LogP contribution is -2.77. The van der Waals surface area contributed by atoms with Crippen LogP contribution in [0.4, 0.5) is 34.1 Å². The Morgan fingerprint density at radius 2 is 0.524 bits per heavy atom. The summed E-state index contributed by atoms with van der Waals surface area (Å²) in [5.74, 6) is 0. The molecule has 0 aliphatic carbocycles. The Morgan fingerprint density at radius 1 is 0.256 bits per heavy atom. The van der Waals surface area contributed by atoms with Crippen molar-refractivity contribution in [3.8, 4) is 11.1 Å². The molecule has 4 nitrogen and oxygen atoms in total. The molecular formula is C76H56N2O2Si2. The first-order chi connectivity index (χ1) is 40.2. The first-order valence-corrected chi connectivity index (χ1v) is 32.5. The number of anilines is 6. The fourth-order valence-corrected chi connectivity index (χ4v) is 24.8. The topological polar surface area (TPSA) is 32.8 Å². The van der Waals surface area contributed by atoms with E-state index in [1.807, 2.05) is 0 Å². The maximum Gasteiger partial charge on any atom is 0.184 e. The molecule has 0 saturated carbocycles. The average molecular weight is 1090 g/mol. The second-order valence-corrected chi connectivity index (χ2v) is 30.2. The lowest BCUT2D eigenvalue weighted by atomic mass is 10.00. The largest absolute Gasteiger partial charge is 0.456 e. The van der Waals surface area contributed by atoms with E-state index in [2.05, 4.69) is 304 Å². The molecule has 0 amide bonds. The molecule has 0 saturated heterocycles. The second-order valence-electron chi connectivity index (χ2n) is 22.7. The van der Waals surface area contributed by atoms with Gasteiger partial charge >= 0.3 is 0 Å². The Labute approximate surface area is 479 Å². The van der Waals surface area contributed by atoms with Gasteiger partial charge in [-0.1, -0.05) is 204 Å². The van der Waals surface area contributed by atoms with Crippen LogP contribution in [-0.4, -0.2) is 16.1 Å². The van der Waals surface area contributed by atoms with E-state index < -0.39 is 16.1 Å². The van der Waals surface area contributed by atoms with Crippen molar-refractivity contribution in [2.24, 2.45) is 0 Å². The van der Waals surface area contributed by atoms with Crippen molar-refractivity contribution in [3.63, 3.8) is 0 Å². The van der Waals surface area contributed by atoms with Crippen LogP contribution in [0.25, 0.3) is 55.0 Å². The minimum absolute atomic E-state index is 0.861. The predicted molar refractivity (Wildman–Crippen MR) is 349 cm³/mol. The van der Waals surface area contributed by atoms with Gasteiger partial charge in [0.2, 0.25) is 0 Å². The molecule has 0 spiro atoms. The number of furan rings is 2. The summed E-state index contributed by atoms with van der Waals surface area (Å²) in [6, 6.07) is 100. The van der Waals surface area contributed by atoms with E-state index in [9.17, 15) is 0 Å². The lowest BCUT2D eigenvalue weighted by Gasteiger charge is -2.45. The highest BCUT2D eigenvalue weighted by Crippen LogP contribution is 2.45. The average Bonchev–Trinajstić information content (AvgIpc) is 2.00. The van der Waals surface area contributed by atoms with Crippen molar-refractivity contribution in [1.29, 1.82) is 0 Å². The summed E-state index contributed by atoms with van der Waals surface area (Å²) in [5.41, 5.74) is 17.7. The van der Waals surface area contributed by atoms with E-state index in [0.29, 0.717) is 0 Å². The lowest BCUT2D eigenvalue weighted by molar-refractivity contribution is 0.668. The Balaban J connectivity index is 0.829. The molecular weight excluding hydrogens is 1030 g/mol. The minimum Gasteiger partial charge on any atom is -0.456 e. The summed E-state index contributed by atoms with van der Waals surface area (Å²) in [5, 5.41) is 15.4. The maximum absolute atomic E-state index is 6.69. The van der Waals surface area contributed by atoms with Gasteiger partial charge in [-0.25, -0.2) is 0 Å². The molecule has 2 aliphatic heterocycles. The summed E-state index contributed by atoms with van der Waals surface area (Å²) in [4.78, 5) is 5.01. The molecule has 0 unspecified atom stereocenters. The summed E-state index contributed by atoms with van der Waals surface area (Å²) in [7, 11) is -5.63. The van der Waals surface area contributed by atoms with Crippen LogP contribution in [0.15, 0.2) is 276 Å². The van der Waals surface area contributed by atoms with Crippen LogP contribution in [-0.2, 0) is 0 Å². The quantitative estimate of drug-likeness (QED) is 0.149. The van der Waals surface area contributed by atoms with Gasteiger partial charge in [0.05, 0.1) is 0 Å². The Kier molecular flexibility index (Phi) is 10.8. The van der Waals surface area contributed by atoms with Crippen LogP contribution >= 0.6 is 0 Å². The number of benzene rings is 12. The highest BCUT2D eigenvalue weighted by atomic mass is 28.3. The van der Waals surface area contributed by atoms with E-state index in [1.54, 1.807) is 0 Å². The normalized spacial score (nSPS) is 14.0. The molecule has 4 heterocycles. The Hall–Kier alpha value is -9.73. The molecule has 0 bridgehead atoms. The standard InChI is InChI=1S/C76H56N2O2Si2/c1-49-25-33-65-73(41-49)81(57-17-9-5-10-18-57,58-19-11-6-12-20-58)74-42-50(2)26-34-66(74)77(65)55-31-39-71-63(47-55)61-45-53(29-37-69(61)79-71)54-30-38-70-62(46-54)64-48-56(32-40-72(64)80-70)78-67-35-27-51(3)43-75(67)82(59-21-13-7-14-22-59,60-23-15-8-16-24-60)76-44-52(4)28-36-68(76)78/h5-48H,1-4H3. The van der Waals surface area contributed by atoms with E-state index in [4.69, 9.17) is 8.83 Å². The number of fused-ring (bicyclic) bond motifs is 10. The van der Waals surface area contributed by atoms with Crippen molar-refractivity contribution in [2.45, 2.75) is 27.7 Å². The minimum atomic E-state index is -2.82. The van der Waals surface area contributed by atoms with Crippen LogP contribution < -0.4 is 51.3 Å². The molecule has 14 aromatic rings. The number of hydrogen-bond donors (Lipinski definition) is 0. The molecule has 12 aromatic carbocycles.